The number of pyridine rings is 1. The lowest BCUT2D eigenvalue weighted by Crippen LogP contribution is -2.31. The molecule has 0 spiro atoms. The minimum Gasteiger partial charge on any atom is -0.325 e. The van der Waals surface area contributed by atoms with E-state index in [9.17, 15) is 4.79 Å². The van der Waals surface area contributed by atoms with Crippen LogP contribution in [-0.4, -0.2) is 36.3 Å². The van der Waals surface area contributed by atoms with Crippen LogP contribution in [0.15, 0.2) is 42.5 Å². The van der Waals surface area contributed by atoms with Gasteiger partial charge < -0.3 is 10.3 Å². The zero-order chi connectivity index (χ0) is 24.8. The lowest BCUT2D eigenvalue weighted by molar-refractivity contribution is -0.119. The van der Waals surface area contributed by atoms with E-state index in [2.05, 4.69) is 35.7 Å². The van der Waals surface area contributed by atoms with Gasteiger partial charge in [0.25, 0.3) is 0 Å². The van der Waals surface area contributed by atoms with Crippen LogP contribution in [0.1, 0.15) is 54.5 Å². The van der Waals surface area contributed by atoms with Crippen LogP contribution in [0, 0.1) is 38.5 Å². The molecule has 1 atom stereocenters. The molecule has 0 aliphatic heterocycles. The van der Waals surface area contributed by atoms with Gasteiger partial charge in [0.2, 0.25) is 5.91 Å². The molecule has 1 aromatic carbocycles. The van der Waals surface area contributed by atoms with Crippen molar-refractivity contribution in [1.29, 1.82) is 0 Å². The van der Waals surface area contributed by atoms with Crippen molar-refractivity contribution in [1.82, 2.24) is 30.4 Å². The number of carbonyl (C=O) groups excluding carboxylic acids is 1. The van der Waals surface area contributed by atoms with Gasteiger partial charge >= 0.3 is 0 Å². The molecule has 2 aliphatic rings. The Labute approximate surface area is 210 Å². The van der Waals surface area contributed by atoms with Gasteiger partial charge in [-0.15, -0.1) is 10.2 Å². The Hall–Kier alpha value is -3.81. The average molecular weight is 482 g/mol. The zero-order valence-corrected chi connectivity index (χ0v) is 20.9. The van der Waals surface area contributed by atoms with Gasteiger partial charge in [0.05, 0.1) is 5.69 Å². The SMILES string of the molecule is Cc1cccc(-c2nnc(C(C(=O)Nc3ccc(-c4c(C)n[nH]c4C)cc3)C(C3CC3)C3CC3)[nH]2)n1. The highest BCUT2D eigenvalue weighted by molar-refractivity contribution is 5.96. The van der Waals surface area contributed by atoms with E-state index >= 15 is 0 Å². The van der Waals surface area contributed by atoms with Crippen LogP contribution < -0.4 is 5.32 Å². The summed E-state index contributed by atoms with van der Waals surface area (Å²) >= 11 is 0. The summed E-state index contributed by atoms with van der Waals surface area (Å²) < 4.78 is 0. The van der Waals surface area contributed by atoms with Gasteiger partial charge in [-0.05, 0) is 94.0 Å². The molecular weight excluding hydrogens is 450 g/mol. The van der Waals surface area contributed by atoms with E-state index in [1.807, 2.05) is 63.2 Å². The lowest BCUT2D eigenvalue weighted by atomic mass is 9.82. The molecule has 36 heavy (non-hydrogen) atoms. The van der Waals surface area contributed by atoms with Gasteiger partial charge in [-0.3, -0.25) is 9.89 Å². The summed E-state index contributed by atoms with van der Waals surface area (Å²) in [5.41, 5.74) is 6.61. The van der Waals surface area contributed by atoms with Crippen molar-refractivity contribution in [2.24, 2.45) is 17.8 Å². The van der Waals surface area contributed by atoms with Crippen LogP contribution in [0.3, 0.4) is 0 Å². The molecule has 2 fully saturated rings. The van der Waals surface area contributed by atoms with Crippen molar-refractivity contribution in [3.05, 3.63) is 65.4 Å². The number of hydrogen-bond acceptors (Lipinski definition) is 5. The number of aromatic amines is 2. The van der Waals surface area contributed by atoms with Crippen molar-refractivity contribution in [2.45, 2.75) is 52.4 Å². The Morgan fingerprint density at radius 3 is 2.31 bits per heavy atom. The highest BCUT2D eigenvalue weighted by atomic mass is 16.2. The summed E-state index contributed by atoms with van der Waals surface area (Å²) in [6, 6.07) is 13.8. The first-order valence-electron chi connectivity index (χ1n) is 12.8. The van der Waals surface area contributed by atoms with Crippen LogP contribution in [0.5, 0.6) is 0 Å². The van der Waals surface area contributed by atoms with E-state index in [-0.39, 0.29) is 17.7 Å². The first-order chi connectivity index (χ1) is 17.5. The Balaban J connectivity index is 1.28. The molecule has 1 unspecified atom stereocenters. The molecule has 6 rings (SSSR count). The molecule has 0 saturated heterocycles. The van der Waals surface area contributed by atoms with Crippen molar-refractivity contribution in [3.63, 3.8) is 0 Å². The molecule has 3 aromatic heterocycles. The zero-order valence-electron chi connectivity index (χ0n) is 20.9. The fraction of sp³-hybridized carbons (Fsp3) is 0.393. The van der Waals surface area contributed by atoms with E-state index in [0.29, 0.717) is 23.5 Å². The Morgan fingerprint density at radius 1 is 0.972 bits per heavy atom. The normalized spacial score (nSPS) is 16.3. The smallest absolute Gasteiger partial charge is 0.235 e. The van der Waals surface area contributed by atoms with Gasteiger partial charge in [0.15, 0.2) is 5.82 Å². The standard InChI is InChI=1S/C28H31N7O/c1-15-5-4-6-22(29-15)26-31-27(35-34-26)25(24(19-7-8-19)20-9-10-20)28(36)30-21-13-11-18(12-14-21)23-16(2)32-33-17(23)3/h4-6,11-14,19-20,24-25H,7-10H2,1-3H3,(H,30,36)(H,32,33)(H,31,34,35). The number of rotatable bonds is 8. The summed E-state index contributed by atoms with van der Waals surface area (Å²) in [4.78, 5) is 21.7. The molecule has 2 saturated carbocycles. The van der Waals surface area contributed by atoms with Crippen molar-refractivity contribution in [3.8, 4) is 22.6 Å². The Bertz CT molecular complexity index is 1360. The third-order valence-electron chi connectivity index (χ3n) is 7.50. The molecule has 1 amide bonds. The number of nitrogens with zero attached hydrogens (tertiary/aromatic N) is 4. The third-order valence-corrected chi connectivity index (χ3v) is 7.50. The molecule has 4 aromatic rings. The second kappa shape index (κ2) is 9.00. The molecule has 3 heterocycles. The molecular formula is C28H31N7O. The van der Waals surface area contributed by atoms with Crippen molar-refractivity contribution in [2.75, 3.05) is 5.32 Å². The van der Waals surface area contributed by atoms with Crippen molar-refractivity contribution < 1.29 is 4.79 Å². The Morgan fingerprint density at radius 2 is 1.69 bits per heavy atom. The van der Waals surface area contributed by atoms with Gasteiger partial charge in [0, 0.05) is 22.6 Å². The largest absolute Gasteiger partial charge is 0.325 e. The summed E-state index contributed by atoms with van der Waals surface area (Å²) in [6.07, 6.45) is 4.74. The summed E-state index contributed by atoms with van der Waals surface area (Å²) in [6.45, 7) is 5.96. The van der Waals surface area contributed by atoms with Crippen LogP contribution in [-0.2, 0) is 4.79 Å². The predicted molar refractivity (Wildman–Crippen MR) is 138 cm³/mol. The molecule has 8 nitrogen and oxygen atoms in total. The molecule has 2 aliphatic carbocycles. The van der Waals surface area contributed by atoms with E-state index in [4.69, 9.17) is 0 Å². The van der Waals surface area contributed by atoms with Crippen molar-refractivity contribution >= 4 is 11.6 Å². The number of aryl methyl sites for hydroxylation is 3. The number of hydrogen-bond donors (Lipinski definition) is 3. The monoisotopic (exact) mass is 481 g/mol. The number of carbonyl (C=O) groups is 1. The summed E-state index contributed by atoms with van der Waals surface area (Å²) in [5, 5.41) is 19.4. The van der Waals surface area contributed by atoms with Gasteiger partial charge in [0.1, 0.15) is 17.4 Å². The highest BCUT2D eigenvalue weighted by Crippen LogP contribution is 2.54. The maximum absolute atomic E-state index is 13.8. The predicted octanol–water partition coefficient (Wildman–Crippen LogP) is 5.34. The third kappa shape index (κ3) is 4.43. The fourth-order valence-electron chi connectivity index (χ4n) is 5.49. The number of amides is 1. The van der Waals surface area contributed by atoms with E-state index in [0.717, 1.165) is 39.6 Å². The minimum absolute atomic E-state index is 0.0258. The second-order valence-corrected chi connectivity index (χ2v) is 10.3. The number of aromatic nitrogens is 6. The molecule has 3 N–H and O–H groups in total. The minimum atomic E-state index is -0.367. The van der Waals surface area contributed by atoms with Crippen LogP contribution in [0.4, 0.5) is 5.69 Å². The van der Waals surface area contributed by atoms with E-state index in [1.165, 1.54) is 25.7 Å². The average Bonchev–Trinajstić information content (AvgIpc) is 3.80. The Kier molecular flexibility index (Phi) is 5.66. The first-order valence-corrected chi connectivity index (χ1v) is 12.8. The van der Waals surface area contributed by atoms with E-state index < -0.39 is 0 Å². The lowest BCUT2D eigenvalue weighted by Gasteiger charge is -2.24. The maximum Gasteiger partial charge on any atom is 0.235 e. The van der Waals surface area contributed by atoms with E-state index in [1.54, 1.807) is 0 Å². The summed E-state index contributed by atoms with van der Waals surface area (Å²) in [7, 11) is 0. The first kappa shape index (κ1) is 22.6. The topological polar surface area (TPSA) is 112 Å². The van der Waals surface area contributed by atoms with Crippen LogP contribution in [0.25, 0.3) is 22.6 Å². The molecule has 184 valence electrons. The number of nitrogens with one attached hydrogen (secondary N) is 3. The fourth-order valence-corrected chi connectivity index (χ4v) is 5.49. The molecule has 0 bridgehead atoms. The second-order valence-electron chi connectivity index (χ2n) is 10.3. The maximum atomic E-state index is 13.8. The van der Waals surface area contributed by atoms with Gasteiger partial charge in [-0.25, -0.2) is 4.98 Å². The number of H-pyrrole nitrogens is 2. The molecule has 8 heteroatoms. The number of anilines is 1. The highest BCUT2D eigenvalue weighted by Gasteiger charge is 2.49. The summed E-state index contributed by atoms with van der Waals surface area (Å²) in [5.74, 6) is 2.28. The van der Waals surface area contributed by atoms with Crippen LogP contribution >= 0.6 is 0 Å². The molecule has 0 radical (unpaired) electrons. The van der Waals surface area contributed by atoms with Gasteiger partial charge in [-0.2, -0.15) is 5.10 Å². The van der Waals surface area contributed by atoms with Crippen LogP contribution in [0.2, 0.25) is 0 Å². The quantitative estimate of drug-likeness (QED) is 0.314. The van der Waals surface area contributed by atoms with Gasteiger partial charge in [-0.1, -0.05) is 18.2 Å². The number of benzene rings is 1.